The molecule has 0 amide bonds. The molecule has 1 aliphatic carbocycles. The summed E-state index contributed by atoms with van der Waals surface area (Å²) in [5, 5.41) is 0. The lowest BCUT2D eigenvalue weighted by Crippen LogP contribution is -2.22. The third kappa shape index (κ3) is 2.61. The lowest BCUT2D eigenvalue weighted by Gasteiger charge is -2.22. The maximum Gasteiger partial charge on any atom is 0.177 e. The van der Waals surface area contributed by atoms with Gasteiger partial charge in [-0.3, -0.25) is 0 Å². The molecular formula is C13H20N2O2S. The third-order valence-corrected chi connectivity index (χ3v) is 4.79. The van der Waals surface area contributed by atoms with Crippen molar-refractivity contribution in [3.8, 4) is 0 Å². The van der Waals surface area contributed by atoms with Gasteiger partial charge in [-0.1, -0.05) is 13.0 Å². The van der Waals surface area contributed by atoms with E-state index in [0.717, 1.165) is 18.2 Å². The quantitative estimate of drug-likeness (QED) is 0.845. The molecule has 18 heavy (non-hydrogen) atoms. The van der Waals surface area contributed by atoms with E-state index in [1.165, 1.54) is 12.7 Å². The van der Waals surface area contributed by atoms with Crippen LogP contribution in [0.3, 0.4) is 0 Å². The van der Waals surface area contributed by atoms with Crippen LogP contribution in [0.15, 0.2) is 23.1 Å². The van der Waals surface area contributed by atoms with Crippen LogP contribution in [0.4, 0.5) is 11.4 Å². The largest absolute Gasteiger partial charge is 0.396 e. The van der Waals surface area contributed by atoms with Crippen molar-refractivity contribution in [2.75, 3.05) is 30.5 Å². The van der Waals surface area contributed by atoms with Crippen LogP contribution >= 0.6 is 0 Å². The topological polar surface area (TPSA) is 63.4 Å². The highest BCUT2D eigenvalue weighted by Gasteiger charge is 2.33. The Morgan fingerprint density at radius 2 is 2.06 bits per heavy atom. The van der Waals surface area contributed by atoms with Gasteiger partial charge in [0.25, 0.3) is 0 Å². The van der Waals surface area contributed by atoms with Crippen LogP contribution in [0.2, 0.25) is 0 Å². The second-order valence-corrected chi connectivity index (χ2v) is 7.30. The monoisotopic (exact) mass is 268 g/mol. The molecule has 100 valence electrons. The first kappa shape index (κ1) is 13.2. The number of anilines is 2. The molecule has 0 aliphatic heterocycles. The molecule has 2 N–H and O–H groups in total. The van der Waals surface area contributed by atoms with Crippen LogP contribution in [0.5, 0.6) is 0 Å². The minimum absolute atomic E-state index is 0.218. The second kappa shape index (κ2) is 4.46. The summed E-state index contributed by atoms with van der Waals surface area (Å²) in [6.07, 6.45) is 2.43. The van der Waals surface area contributed by atoms with Crippen molar-refractivity contribution >= 4 is 21.2 Å². The van der Waals surface area contributed by atoms with Crippen LogP contribution in [-0.4, -0.2) is 28.3 Å². The van der Waals surface area contributed by atoms with Crippen molar-refractivity contribution < 1.29 is 8.42 Å². The van der Waals surface area contributed by atoms with Gasteiger partial charge >= 0.3 is 0 Å². The van der Waals surface area contributed by atoms with Crippen LogP contribution < -0.4 is 10.6 Å². The molecule has 2 rings (SSSR count). The fourth-order valence-electron chi connectivity index (χ4n) is 2.29. The van der Waals surface area contributed by atoms with E-state index in [0.29, 0.717) is 11.6 Å². The maximum absolute atomic E-state index is 11.6. The first-order valence-corrected chi connectivity index (χ1v) is 7.99. The van der Waals surface area contributed by atoms with Crippen LogP contribution in [-0.2, 0) is 9.84 Å². The molecule has 1 saturated carbocycles. The predicted octanol–water partition coefficient (Wildman–Crippen LogP) is 1.76. The number of hydrogen-bond acceptors (Lipinski definition) is 4. The van der Waals surface area contributed by atoms with Gasteiger partial charge in [-0.15, -0.1) is 0 Å². The zero-order valence-electron chi connectivity index (χ0n) is 11.1. The molecular weight excluding hydrogens is 248 g/mol. The summed E-state index contributed by atoms with van der Waals surface area (Å²) in [5.74, 6) is 1.48. The standard InChI is InChI=1S/C13H20N2O2S/c1-9-7-10(9)8-15(2)11-5-4-6-12(13(11)14)18(3,16)17/h4-6,9-10H,7-8,14H2,1-3H3. The molecule has 0 aromatic heterocycles. The Balaban J connectivity index is 2.28. The fourth-order valence-corrected chi connectivity index (χ4v) is 3.12. The minimum atomic E-state index is -3.26. The molecule has 2 unspecified atom stereocenters. The Labute approximate surface area is 109 Å². The van der Waals surface area contributed by atoms with Crippen LogP contribution in [0.25, 0.3) is 0 Å². The van der Waals surface area contributed by atoms with E-state index in [1.54, 1.807) is 12.1 Å². The molecule has 1 aromatic carbocycles. The van der Waals surface area contributed by atoms with E-state index in [9.17, 15) is 8.42 Å². The van der Waals surface area contributed by atoms with Gasteiger partial charge in [0.1, 0.15) is 0 Å². The summed E-state index contributed by atoms with van der Waals surface area (Å²) in [6, 6.07) is 5.17. The molecule has 0 heterocycles. The van der Waals surface area contributed by atoms with Crippen molar-refractivity contribution in [1.29, 1.82) is 0 Å². The third-order valence-electron chi connectivity index (χ3n) is 3.64. The first-order valence-electron chi connectivity index (χ1n) is 6.10. The Morgan fingerprint density at radius 3 is 2.56 bits per heavy atom. The number of benzene rings is 1. The van der Waals surface area contributed by atoms with Crippen LogP contribution in [0.1, 0.15) is 13.3 Å². The molecule has 1 aromatic rings. The van der Waals surface area contributed by atoms with E-state index >= 15 is 0 Å². The van der Waals surface area contributed by atoms with E-state index in [1.807, 2.05) is 13.1 Å². The summed E-state index contributed by atoms with van der Waals surface area (Å²) in [5.41, 5.74) is 7.14. The van der Waals surface area contributed by atoms with E-state index in [4.69, 9.17) is 5.73 Å². The molecule has 1 fully saturated rings. The minimum Gasteiger partial charge on any atom is -0.396 e. The highest BCUT2D eigenvalue weighted by molar-refractivity contribution is 7.90. The molecule has 4 nitrogen and oxygen atoms in total. The number of hydrogen-bond donors (Lipinski definition) is 1. The van der Waals surface area contributed by atoms with Gasteiger partial charge in [-0.2, -0.15) is 0 Å². The van der Waals surface area contributed by atoms with Crippen molar-refractivity contribution in [2.24, 2.45) is 11.8 Å². The lowest BCUT2D eigenvalue weighted by molar-refractivity contribution is 0.602. The number of nitrogen functional groups attached to an aromatic ring is 1. The van der Waals surface area contributed by atoms with Gasteiger partial charge in [0.15, 0.2) is 9.84 Å². The van der Waals surface area contributed by atoms with Crippen molar-refractivity contribution in [3.63, 3.8) is 0 Å². The molecule has 5 heteroatoms. The number of nitrogens with two attached hydrogens (primary N) is 1. The van der Waals surface area contributed by atoms with Crippen molar-refractivity contribution in [2.45, 2.75) is 18.2 Å². The predicted molar refractivity (Wildman–Crippen MR) is 74.5 cm³/mol. The van der Waals surface area contributed by atoms with Gasteiger partial charge in [0.05, 0.1) is 16.3 Å². The average Bonchev–Trinajstić information content (AvgIpc) is 2.92. The van der Waals surface area contributed by atoms with Gasteiger partial charge in [-0.25, -0.2) is 8.42 Å². The normalized spacial score (nSPS) is 22.8. The Kier molecular flexibility index (Phi) is 3.27. The van der Waals surface area contributed by atoms with Gasteiger partial charge in [0, 0.05) is 19.8 Å². The van der Waals surface area contributed by atoms with Crippen LogP contribution in [0, 0.1) is 11.8 Å². The van der Waals surface area contributed by atoms with Gasteiger partial charge < -0.3 is 10.6 Å². The number of rotatable bonds is 4. The summed E-state index contributed by atoms with van der Waals surface area (Å²) in [6.45, 7) is 3.16. The zero-order valence-corrected chi connectivity index (χ0v) is 11.9. The fraction of sp³-hybridized carbons (Fsp3) is 0.538. The summed E-state index contributed by atoms with van der Waals surface area (Å²) in [7, 11) is -1.30. The number of nitrogens with zero attached hydrogens (tertiary/aromatic N) is 1. The smallest absolute Gasteiger partial charge is 0.177 e. The highest BCUT2D eigenvalue weighted by atomic mass is 32.2. The lowest BCUT2D eigenvalue weighted by atomic mass is 10.2. The molecule has 0 saturated heterocycles. The first-order chi connectivity index (χ1) is 8.30. The Bertz CT molecular complexity index is 554. The van der Waals surface area contributed by atoms with E-state index < -0.39 is 9.84 Å². The Hall–Kier alpha value is -1.23. The molecule has 0 spiro atoms. The van der Waals surface area contributed by atoms with E-state index in [-0.39, 0.29) is 4.90 Å². The number of para-hydroxylation sites is 1. The average molecular weight is 268 g/mol. The summed E-state index contributed by atoms with van der Waals surface area (Å²) < 4.78 is 23.2. The molecule has 0 radical (unpaired) electrons. The molecule has 1 aliphatic rings. The Morgan fingerprint density at radius 1 is 1.44 bits per heavy atom. The maximum atomic E-state index is 11.6. The second-order valence-electron chi connectivity index (χ2n) is 5.31. The highest BCUT2D eigenvalue weighted by Crippen LogP contribution is 2.39. The zero-order chi connectivity index (χ0) is 13.5. The van der Waals surface area contributed by atoms with Gasteiger partial charge in [-0.05, 0) is 30.4 Å². The van der Waals surface area contributed by atoms with Gasteiger partial charge in [0.2, 0.25) is 0 Å². The molecule has 0 bridgehead atoms. The van der Waals surface area contributed by atoms with Crippen molar-refractivity contribution in [3.05, 3.63) is 18.2 Å². The summed E-state index contributed by atoms with van der Waals surface area (Å²) >= 11 is 0. The van der Waals surface area contributed by atoms with Crippen molar-refractivity contribution in [1.82, 2.24) is 0 Å². The number of sulfone groups is 1. The molecule has 2 atom stereocenters. The SMILES string of the molecule is CC1CC1CN(C)c1cccc(S(C)(=O)=O)c1N. The summed E-state index contributed by atoms with van der Waals surface area (Å²) in [4.78, 5) is 2.27. The van der Waals surface area contributed by atoms with E-state index in [2.05, 4.69) is 11.8 Å².